The maximum Gasteiger partial charge on any atom is 0.315 e. The summed E-state index contributed by atoms with van der Waals surface area (Å²) in [6.07, 6.45) is 6.19. The molecule has 4 fully saturated rings. The molecular formula is C28H40ClNO5. The first-order valence-corrected chi connectivity index (χ1v) is 13.6. The molecule has 5 aliphatic rings. The lowest BCUT2D eigenvalue weighted by atomic mass is 9.43. The summed E-state index contributed by atoms with van der Waals surface area (Å²) in [5, 5.41) is 11.6. The first-order chi connectivity index (χ1) is 16.5. The number of morpholine rings is 1. The van der Waals surface area contributed by atoms with Gasteiger partial charge in [0.25, 0.3) is 0 Å². The average molecular weight is 506 g/mol. The van der Waals surface area contributed by atoms with Crippen LogP contribution in [0.5, 0.6) is 0 Å². The van der Waals surface area contributed by atoms with E-state index < -0.39 is 28.5 Å². The SMILES string of the molecule is C=C(Cl)CN1C[C@H](OCC23C[C@@H]4[C@H](C)CC[C@H]4C4(C=O)CC2C=C(C(C)C)C34C(=O)O)O[C@H](C)C1. The van der Waals surface area contributed by atoms with Crippen molar-refractivity contribution in [2.75, 3.05) is 26.2 Å². The van der Waals surface area contributed by atoms with E-state index in [0.29, 0.717) is 36.4 Å². The van der Waals surface area contributed by atoms with Crippen molar-refractivity contribution in [1.82, 2.24) is 4.90 Å². The Bertz CT molecular complexity index is 950. The molecule has 9 atom stereocenters. The van der Waals surface area contributed by atoms with E-state index >= 15 is 0 Å². The predicted octanol–water partition coefficient (Wildman–Crippen LogP) is 4.73. The minimum atomic E-state index is -1.21. The Hall–Kier alpha value is -1.21. The molecule has 4 unspecified atom stereocenters. The molecule has 4 aliphatic carbocycles. The molecule has 0 aromatic carbocycles. The summed E-state index contributed by atoms with van der Waals surface area (Å²) in [5.41, 5.74) is -1.77. The van der Waals surface area contributed by atoms with Crippen molar-refractivity contribution >= 4 is 23.9 Å². The summed E-state index contributed by atoms with van der Waals surface area (Å²) in [5.74, 6) is 0.205. The lowest BCUT2D eigenvalue weighted by Gasteiger charge is -2.58. The molecule has 1 saturated heterocycles. The maximum atomic E-state index is 13.5. The van der Waals surface area contributed by atoms with Gasteiger partial charge in [0.1, 0.15) is 11.7 Å². The Balaban J connectivity index is 1.53. The van der Waals surface area contributed by atoms with Crippen LogP contribution >= 0.6 is 11.6 Å². The van der Waals surface area contributed by atoms with Crippen molar-refractivity contribution < 1.29 is 24.2 Å². The fraction of sp³-hybridized carbons (Fsp3) is 0.786. The first kappa shape index (κ1) is 25.4. The second kappa shape index (κ2) is 8.68. The Labute approximate surface area is 214 Å². The second-order valence-corrected chi connectivity index (χ2v) is 12.9. The first-order valence-electron chi connectivity index (χ1n) is 13.3. The van der Waals surface area contributed by atoms with E-state index in [1.54, 1.807) is 0 Å². The van der Waals surface area contributed by atoms with E-state index in [4.69, 9.17) is 21.1 Å². The summed E-state index contributed by atoms with van der Waals surface area (Å²) in [4.78, 5) is 28.8. The highest BCUT2D eigenvalue weighted by molar-refractivity contribution is 6.29. The van der Waals surface area contributed by atoms with E-state index in [1.807, 2.05) is 6.92 Å². The van der Waals surface area contributed by atoms with Crippen molar-refractivity contribution in [2.45, 2.75) is 65.8 Å². The Kier molecular flexibility index (Phi) is 6.31. The molecular weight excluding hydrogens is 466 g/mol. The molecule has 5 rings (SSSR count). The van der Waals surface area contributed by atoms with Gasteiger partial charge in [0.15, 0.2) is 6.29 Å². The maximum absolute atomic E-state index is 13.5. The summed E-state index contributed by atoms with van der Waals surface area (Å²) >= 11 is 6.07. The van der Waals surface area contributed by atoms with Crippen LogP contribution < -0.4 is 0 Å². The van der Waals surface area contributed by atoms with Crippen LogP contribution in [0.15, 0.2) is 23.3 Å². The summed E-state index contributed by atoms with van der Waals surface area (Å²) in [7, 11) is 0. The van der Waals surface area contributed by atoms with Crippen LogP contribution in [-0.4, -0.2) is 60.9 Å². The fourth-order valence-electron chi connectivity index (χ4n) is 9.33. The zero-order valence-corrected chi connectivity index (χ0v) is 22.2. The van der Waals surface area contributed by atoms with Gasteiger partial charge in [0, 0.05) is 30.1 Å². The molecule has 0 spiro atoms. The second-order valence-electron chi connectivity index (χ2n) is 12.4. The molecule has 194 valence electrons. The third-order valence-electron chi connectivity index (χ3n) is 10.4. The van der Waals surface area contributed by atoms with E-state index in [0.717, 1.165) is 37.7 Å². The quantitative estimate of drug-likeness (QED) is 0.380. The number of allylic oxidation sites excluding steroid dienone is 1. The standard InChI is InChI=1S/C28H40ClNO5/c1-16(2)23-8-20-9-26(14-31)22-7-6-17(3)21(22)10-27(20,28(23,26)25(32)33)15-34-24-13-30(11-18(4)29)12-19(5)35-24/h8,14,16-17,19-22,24H,4,6-7,9-13,15H2,1-3,5H3,(H,32,33)/t17-,19-,20?,21-,22-,24-,26?,27?,28?/m1/s1. The van der Waals surface area contributed by atoms with Crippen LogP contribution in [0.25, 0.3) is 0 Å². The molecule has 0 aromatic rings. The number of ether oxygens (including phenoxy) is 2. The summed E-state index contributed by atoms with van der Waals surface area (Å²) < 4.78 is 12.7. The number of fused-ring (bicyclic) bond motifs is 2. The third kappa shape index (κ3) is 3.32. The van der Waals surface area contributed by atoms with Gasteiger partial charge in [-0.15, -0.1) is 0 Å². The predicted molar refractivity (Wildman–Crippen MR) is 134 cm³/mol. The van der Waals surface area contributed by atoms with E-state index in [1.165, 1.54) is 0 Å². The number of nitrogens with zero attached hydrogens (tertiary/aromatic N) is 1. The van der Waals surface area contributed by atoms with E-state index in [9.17, 15) is 14.7 Å². The average Bonchev–Trinajstić information content (AvgIpc) is 3.34. The highest BCUT2D eigenvalue weighted by Gasteiger charge is 2.84. The molecule has 0 aromatic heterocycles. The van der Waals surface area contributed by atoms with Crippen molar-refractivity contribution in [3.63, 3.8) is 0 Å². The van der Waals surface area contributed by atoms with Crippen LogP contribution in [0, 0.1) is 45.8 Å². The molecule has 3 saturated carbocycles. The monoisotopic (exact) mass is 505 g/mol. The lowest BCUT2D eigenvalue weighted by molar-refractivity contribution is -0.235. The zero-order valence-electron chi connectivity index (χ0n) is 21.5. The minimum absolute atomic E-state index is 0.0266. The molecule has 1 N–H and O–H groups in total. The number of aliphatic carboxylic acids is 1. The van der Waals surface area contributed by atoms with Gasteiger partial charge >= 0.3 is 5.97 Å². The number of rotatable bonds is 8. The number of carboxylic acid groups (broad SMARTS) is 1. The van der Waals surface area contributed by atoms with Crippen molar-refractivity contribution in [1.29, 1.82) is 0 Å². The highest BCUT2D eigenvalue weighted by Crippen LogP contribution is 2.82. The van der Waals surface area contributed by atoms with Crippen molar-refractivity contribution in [3.8, 4) is 0 Å². The van der Waals surface area contributed by atoms with Crippen LogP contribution in [0.1, 0.15) is 53.4 Å². The Morgan fingerprint density at radius 3 is 2.71 bits per heavy atom. The van der Waals surface area contributed by atoms with E-state index in [2.05, 4.69) is 38.3 Å². The number of hydrogen-bond donors (Lipinski definition) is 1. The molecule has 7 heteroatoms. The van der Waals surface area contributed by atoms with Crippen LogP contribution in [0.3, 0.4) is 0 Å². The Morgan fingerprint density at radius 1 is 1.34 bits per heavy atom. The zero-order chi connectivity index (χ0) is 25.3. The van der Waals surface area contributed by atoms with Gasteiger partial charge in [-0.25, -0.2) is 0 Å². The number of halogens is 1. The molecule has 4 bridgehead atoms. The fourth-order valence-corrected chi connectivity index (χ4v) is 9.50. The van der Waals surface area contributed by atoms with Gasteiger partial charge in [0.2, 0.25) is 0 Å². The number of aldehydes is 1. The molecule has 0 radical (unpaired) electrons. The van der Waals surface area contributed by atoms with Crippen LogP contribution in [0.4, 0.5) is 0 Å². The number of carbonyl (C=O) groups excluding carboxylic acids is 1. The normalized spacial score (nSPS) is 46.5. The summed E-state index contributed by atoms with van der Waals surface area (Å²) in [6, 6.07) is 0. The van der Waals surface area contributed by atoms with Crippen molar-refractivity contribution in [3.05, 3.63) is 23.3 Å². The summed E-state index contributed by atoms with van der Waals surface area (Å²) in [6.45, 7) is 14.4. The Morgan fingerprint density at radius 2 is 2.09 bits per heavy atom. The largest absolute Gasteiger partial charge is 0.481 e. The highest BCUT2D eigenvalue weighted by atomic mass is 35.5. The molecule has 6 nitrogen and oxygen atoms in total. The van der Waals surface area contributed by atoms with Gasteiger partial charge in [-0.05, 0) is 55.8 Å². The smallest absolute Gasteiger partial charge is 0.315 e. The topological polar surface area (TPSA) is 76.1 Å². The number of hydrogen-bond acceptors (Lipinski definition) is 5. The van der Waals surface area contributed by atoms with Gasteiger partial charge in [-0.3, -0.25) is 9.69 Å². The van der Waals surface area contributed by atoms with Gasteiger partial charge in [-0.1, -0.05) is 57.0 Å². The van der Waals surface area contributed by atoms with E-state index in [-0.39, 0.29) is 30.5 Å². The lowest BCUT2D eigenvalue weighted by Crippen LogP contribution is -2.64. The molecule has 1 aliphatic heterocycles. The third-order valence-corrected chi connectivity index (χ3v) is 10.5. The molecule has 1 heterocycles. The number of carbonyl (C=O) groups is 2. The minimum Gasteiger partial charge on any atom is -0.481 e. The van der Waals surface area contributed by atoms with Gasteiger partial charge in [0.05, 0.1) is 18.1 Å². The van der Waals surface area contributed by atoms with Crippen LogP contribution in [-0.2, 0) is 19.1 Å². The molecule has 0 amide bonds. The number of carboxylic acids is 1. The van der Waals surface area contributed by atoms with Gasteiger partial charge < -0.3 is 19.4 Å². The van der Waals surface area contributed by atoms with Crippen LogP contribution in [0.2, 0.25) is 0 Å². The van der Waals surface area contributed by atoms with Crippen molar-refractivity contribution in [2.24, 2.45) is 45.8 Å². The van der Waals surface area contributed by atoms with Gasteiger partial charge in [-0.2, -0.15) is 0 Å². The molecule has 35 heavy (non-hydrogen) atoms.